The van der Waals surface area contributed by atoms with Crippen LogP contribution in [0.4, 0.5) is 0 Å². The smallest absolute Gasteiger partial charge is 0.169 e. The van der Waals surface area contributed by atoms with Gasteiger partial charge in [-0.25, -0.2) is 0 Å². The Balaban J connectivity index is 1.58. The van der Waals surface area contributed by atoms with Gasteiger partial charge in [0.05, 0.1) is 0 Å². The van der Waals surface area contributed by atoms with E-state index in [9.17, 15) is 0 Å². The third-order valence-corrected chi connectivity index (χ3v) is 6.24. The first kappa shape index (κ1) is 14.6. The van der Waals surface area contributed by atoms with Crippen molar-refractivity contribution in [3.8, 4) is 0 Å². The Kier molecular flexibility index (Phi) is 4.23. The molecule has 4 fully saturated rings. The number of hydrogen-bond donors (Lipinski definition) is 1. The largest absolute Gasteiger partial charge is 0.385 e. The third-order valence-electron chi connectivity index (χ3n) is 5.82. The molecule has 4 heteroatoms. The molecular formula is C16H28N2OS. The van der Waals surface area contributed by atoms with E-state index in [4.69, 9.17) is 17.0 Å². The maximum Gasteiger partial charge on any atom is 0.169 e. The van der Waals surface area contributed by atoms with E-state index >= 15 is 0 Å². The molecule has 4 aliphatic rings. The van der Waals surface area contributed by atoms with Gasteiger partial charge in [0.1, 0.15) is 0 Å². The maximum atomic E-state index is 5.64. The van der Waals surface area contributed by atoms with Gasteiger partial charge < -0.3 is 15.0 Å². The molecule has 4 saturated carbocycles. The summed E-state index contributed by atoms with van der Waals surface area (Å²) in [6.07, 6.45) is 9.59. The Morgan fingerprint density at radius 2 is 1.75 bits per heavy atom. The van der Waals surface area contributed by atoms with E-state index in [0.29, 0.717) is 5.54 Å². The van der Waals surface area contributed by atoms with Crippen molar-refractivity contribution in [1.29, 1.82) is 0 Å². The first-order chi connectivity index (χ1) is 9.63. The number of nitrogens with one attached hydrogen (secondary N) is 1. The normalized spacial score (nSPS) is 38.0. The molecule has 3 nitrogen and oxygen atoms in total. The molecule has 0 amide bonds. The minimum Gasteiger partial charge on any atom is -0.385 e. The van der Waals surface area contributed by atoms with Crippen molar-refractivity contribution in [2.45, 2.75) is 50.5 Å². The molecule has 0 heterocycles. The summed E-state index contributed by atoms with van der Waals surface area (Å²) < 4.78 is 5.09. The Hall–Kier alpha value is -0.350. The molecule has 0 aliphatic heterocycles. The zero-order chi connectivity index (χ0) is 14.2. The van der Waals surface area contributed by atoms with Crippen molar-refractivity contribution < 1.29 is 4.74 Å². The van der Waals surface area contributed by atoms with Crippen LogP contribution in [0.1, 0.15) is 44.9 Å². The van der Waals surface area contributed by atoms with Gasteiger partial charge >= 0.3 is 0 Å². The fourth-order valence-corrected chi connectivity index (χ4v) is 5.52. The summed E-state index contributed by atoms with van der Waals surface area (Å²) in [4.78, 5) is 2.42. The lowest BCUT2D eigenvalue weighted by Gasteiger charge is -2.60. The predicted octanol–water partition coefficient (Wildman–Crippen LogP) is 2.80. The molecule has 1 N–H and O–H groups in total. The van der Waals surface area contributed by atoms with Crippen molar-refractivity contribution >= 4 is 17.3 Å². The molecule has 0 atom stereocenters. The van der Waals surface area contributed by atoms with Gasteiger partial charge in [-0.2, -0.15) is 0 Å². The van der Waals surface area contributed by atoms with Gasteiger partial charge in [0, 0.05) is 32.8 Å². The summed E-state index contributed by atoms with van der Waals surface area (Å²) in [6.45, 7) is 1.72. The second-order valence-corrected chi connectivity index (χ2v) is 7.67. The number of ether oxygens (including phenoxy) is 1. The molecule has 4 bridgehead atoms. The van der Waals surface area contributed by atoms with Crippen molar-refractivity contribution in [3.05, 3.63) is 0 Å². The number of methoxy groups -OCH3 is 1. The topological polar surface area (TPSA) is 24.5 Å². The Morgan fingerprint density at radius 1 is 1.20 bits per heavy atom. The Labute approximate surface area is 128 Å². The molecule has 0 aromatic carbocycles. The summed E-state index contributed by atoms with van der Waals surface area (Å²) in [5.74, 6) is 2.92. The van der Waals surface area contributed by atoms with Crippen LogP contribution >= 0.6 is 12.2 Å². The molecule has 20 heavy (non-hydrogen) atoms. The number of thiocarbonyl (C=S) groups is 1. The highest BCUT2D eigenvalue weighted by Crippen LogP contribution is 2.57. The minimum atomic E-state index is 0.375. The van der Waals surface area contributed by atoms with Gasteiger partial charge in [0.25, 0.3) is 0 Å². The van der Waals surface area contributed by atoms with Gasteiger partial charge in [-0.3, -0.25) is 0 Å². The van der Waals surface area contributed by atoms with Gasteiger partial charge in [-0.1, -0.05) is 0 Å². The average Bonchev–Trinajstić information content (AvgIpc) is 2.41. The molecular weight excluding hydrogens is 268 g/mol. The lowest BCUT2D eigenvalue weighted by Crippen LogP contribution is -2.61. The van der Waals surface area contributed by atoms with Crippen LogP contribution in [0.5, 0.6) is 0 Å². The molecule has 114 valence electrons. The van der Waals surface area contributed by atoms with Crippen molar-refractivity contribution in [2.75, 3.05) is 27.3 Å². The van der Waals surface area contributed by atoms with Crippen LogP contribution in [0, 0.1) is 17.8 Å². The van der Waals surface area contributed by atoms with Gasteiger partial charge in [0.15, 0.2) is 5.11 Å². The van der Waals surface area contributed by atoms with Crippen LogP contribution in [-0.4, -0.2) is 42.9 Å². The summed E-state index contributed by atoms with van der Waals surface area (Å²) in [6, 6.07) is 0. The highest BCUT2D eigenvalue weighted by atomic mass is 32.1. The molecule has 0 spiro atoms. The first-order valence-electron chi connectivity index (χ1n) is 8.13. The molecule has 0 aromatic rings. The predicted molar refractivity (Wildman–Crippen MR) is 85.8 cm³/mol. The second-order valence-electron chi connectivity index (χ2n) is 7.28. The van der Waals surface area contributed by atoms with E-state index in [0.717, 1.165) is 42.4 Å². The number of rotatable bonds is 5. The Morgan fingerprint density at radius 3 is 2.25 bits per heavy atom. The molecule has 0 aromatic heterocycles. The minimum absolute atomic E-state index is 0.375. The molecule has 4 aliphatic carbocycles. The van der Waals surface area contributed by atoms with Gasteiger partial charge in [-0.15, -0.1) is 0 Å². The SMILES string of the molecule is COCCCNC(=S)N(C)C12CC3CC(CC(C3)C1)C2. The quantitative estimate of drug-likeness (QED) is 0.623. The maximum absolute atomic E-state index is 5.64. The van der Waals surface area contributed by atoms with Crippen LogP contribution in [0.2, 0.25) is 0 Å². The molecule has 0 saturated heterocycles. The third kappa shape index (κ3) is 2.69. The lowest BCUT2D eigenvalue weighted by atomic mass is 9.52. The van der Waals surface area contributed by atoms with Crippen molar-refractivity contribution in [1.82, 2.24) is 10.2 Å². The van der Waals surface area contributed by atoms with Crippen molar-refractivity contribution in [3.63, 3.8) is 0 Å². The van der Waals surface area contributed by atoms with Gasteiger partial charge in [-0.05, 0) is 74.9 Å². The summed E-state index contributed by atoms with van der Waals surface area (Å²) in [5.41, 5.74) is 0.375. The summed E-state index contributed by atoms with van der Waals surface area (Å²) >= 11 is 5.64. The van der Waals surface area contributed by atoms with Crippen LogP contribution in [0.3, 0.4) is 0 Å². The molecule has 4 rings (SSSR count). The van der Waals surface area contributed by atoms with Crippen LogP contribution in [0.15, 0.2) is 0 Å². The van der Waals surface area contributed by atoms with E-state index in [2.05, 4.69) is 17.3 Å². The van der Waals surface area contributed by atoms with E-state index in [-0.39, 0.29) is 0 Å². The highest BCUT2D eigenvalue weighted by Gasteiger charge is 2.53. The summed E-state index contributed by atoms with van der Waals surface area (Å²) in [7, 11) is 3.97. The number of hydrogen-bond acceptors (Lipinski definition) is 2. The fourth-order valence-electron chi connectivity index (χ4n) is 5.22. The van der Waals surface area contributed by atoms with Crippen LogP contribution < -0.4 is 5.32 Å². The Bertz CT molecular complexity index is 336. The van der Waals surface area contributed by atoms with E-state index in [1.807, 2.05) is 0 Å². The van der Waals surface area contributed by atoms with Crippen molar-refractivity contribution in [2.24, 2.45) is 17.8 Å². The highest BCUT2D eigenvalue weighted by molar-refractivity contribution is 7.80. The van der Waals surface area contributed by atoms with Crippen LogP contribution in [0.25, 0.3) is 0 Å². The van der Waals surface area contributed by atoms with E-state index in [1.54, 1.807) is 7.11 Å². The first-order valence-corrected chi connectivity index (χ1v) is 8.54. The monoisotopic (exact) mass is 296 g/mol. The van der Waals surface area contributed by atoms with Crippen LogP contribution in [-0.2, 0) is 4.74 Å². The lowest BCUT2D eigenvalue weighted by molar-refractivity contribution is -0.0548. The van der Waals surface area contributed by atoms with Gasteiger partial charge in [0.2, 0.25) is 0 Å². The summed E-state index contributed by atoms with van der Waals surface area (Å²) in [5, 5.41) is 4.37. The zero-order valence-corrected chi connectivity index (χ0v) is 13.7. The standard InChI is InChI=1S/C16H28N2OS/c1-18(15(20)17-4-3-5-19-2)16-9-12-6-13(10-16)8-14(7-12)11-16/h12-14H,3-11H2,1-2H3,(H,17,20). The average molecular weight is 296 g/mol. The second kappa shape index (κ2) is 5.80. The molecule has 0 radical (unpaired) electrons. The molecule has 0 unspecified atom stereocenters. The zero-order valence-electron chi connectivity index (χ0n) is 12.9. The fraction of sp³-hybridized carbons (Fsp3) is 0.938. The van der Waals surface area contributed by atoms with E-state index in [1.165, 1.54) is 38.5 Å². The van der Waals surface area contributed by atoms with E-state index < -0.39 is 0 Å². The number of nitrogens with zero attached hydrogens (tertiary/aromatic N) is 1.